The summed E-state index contributed by atoms with van der Waals surface area (Å²) in [5.41, 5.74) is -0.133. The van der Waals surface area contributed by atoms with Gasteiger partial charge in [-0.25, -0.2) is 5.01 Å². The van der Waals surface area contributed by atoms with Crippen LogP contribution in [0.2, 0.25) is 0 Å². The zero-order valence-electron chi connectivity index (χ0n) is 7.20. The van der Waals surface area contributed by atoms with E-state index in [1.165, 1.54) is 0 Å². The standard InChI is InChI=1S/C8H16N2O2/c9-10-3-2-8(6-10)5-7(11)1-4-12-8/h7,11H,1-6,9H2. The Bertz CT molecular complexity index is 172. The van der Waals surface area contributed by atoms with Crippen LogP contribution in [0, 0.1) is 0 Å². The summed E-state index contributed by atoms with van der Waals surface area (Å²) in [6.07, 6.45) is 2.29. The van der Waals surface area contributed by atoms with Gasteiger partial charge in [-0.15, -0.1) is 0 Å². The third-order valence-corrected chi connectivity index (χ3v) is 2.81. The van der Waals surface area contributed by atoms with E-state index >= 15 is 0 Å². The lowest BCUT2D eigenvalue weighted by molar-refractivity contribution is -0.110. The Morgan fingerprint density at radius 2 is 2.42 bits per heavy atom. The number of aliphatic hydroxyl groups excluding tert-OH is 1. The molecule has 0 aromatic rings. The maximum Gasteiger partial charge on any atom is 0.0860 e. The molecular formula is C8H16N2O2. The van der Waals surface area contributed by atoms with Crippen molar-refractivity contribution in [2.24, 2.45) is 5.84 Å². The molecule has 0 bridgehead atoms. The predicted molar refractivity (Wildman–Crippen MR) is 44.3 cm³/mol. The smallest absolute Gasteiger partial charge is 0.0860 e. The van der Waals surface area contributed by atoms with Gasteiger partial charge in [0.1, 0.15) is 0 Å². The Morgan fingerprint density at radius 1 is 1.58 bits per heavy atom. The van der Waals surface area contributed by atoms with Crippen molar-refractivity contribution in [3.63, 3.8) is 0 Å². The zero-order valence-corrected chi connectivity index (χ0v) is 7.20. The summed E-state index contributed by atoms with van der Waals surface area (Å²) in [6.45, 7) is 2.33. The minimum atomic E-state index is -0.190. The summed E-state index contributed by atoms with van der Waals surface area (Å²) >= 11 is 0. The summed E-state index contributed by atoms with van der Waals surface area (Å²) in [5, 5.41) is 11.3. The van der Waals surface area contributed by atoms with E-state index in [0.717, 1.165) is 32.4 Å². The molecule has 12 heavy (non-hydrogen) atoms. The van der Waals surface area contributed by atoms with Crippen LogP contribution in [0.1, 0.15) is 19.3 Å². The first-order chi connectivity index (χ1) is 5.70. The fourth-order valence-corrected chi connectivity index (χ4v) is 2.16. The van der Waals surface area contributed by atoms with Gasteiger partial charge in [-0.2, -0.15) is 0 Å². The summed E-state index contributed by atoms with van der Waals surface area (Å²) in [5.74, 6) is 5.66. The summed E-state index contributed by atoms with van der Waals surface area (Å²) in [6, 6.07) is 0. The third kappa shape index (κ3) is 1.47. The van der Waals surface area contributed by atoms with Gasteiger partial charge in [-0.3, -0.25) is 5.84 Å². The van der Waals surface area contributed by atoms with Gasteiger partial charge in [0.2, 0.25) is 0 Å². The van der Waals surface area contributed by atoms with E-state index in [0.29, 0.717) is 6.61 Å². The van der Waals surface area contributed by atoms with Crippen molar-refractivity contribution in [3.8, 4) is 0 Å². The summed E-state index contributed by atoms with van der Waals surface area (Å²) in [7, 11) is 0. The van der Waals surface area contributed by atoms with Gasteiger partial charge in [-0.1, -0.05) is 0 Å². The molecule has 0 radical (unpaired) electrons. The van der Waals surface area contributed by atoms with Crippen molar-refractivity contribution in [2.45, 2.75) is 31.0 Å². The first kappa shape index (κ1) is 8.44. The van der Waals surface area contributed by atoms with Crippen LogP contribution in [0.25, 0.3) is 0 Å². The highest BCUT2D eigenvalue weighted by Gasteiger charge is 2.41. The van der Waals surface area contributed by atoms with Crippen LogP contribution < -0.4 is 5.84 Å². The largest absolute Gasteiger partial charge is 0.393 e. The molecule has 2 heterocycles. The molecule has 70 valence electrons. The number of nitrogens with zero attached hydrogens (tertiary/aromatic N) is 1. The van der Waals surface area contributed by atoms with Gasteiger partial charge in [0, 0.05) is 26.1 Å². The van der Waals surface area contributed by atoms with E-state index in [2.05, 4.69) is 0 Å². The second kappa shape index (κ2) is 2.96. The fraction of sp³-hybridized carbons (Fsp3) is 1.00. The fourth-order valence-electron chi connectivity index (χ4n) is 2.16. The van der Waals surface area contributed by atoms with Crippen LogP contribution in [0.5, 0.6) is 0 Å². The van der Waals surface area contributed by atoms with Crippen LogP contribution in [-0.4, -0.2) is 41.5 Å². The monoisotopic (exact) mass is 172 g/mol. The molecule has 4 nitrogen and oxygen atoms in total. The van der Waals surface area contributed by atoms with Crippen molar-refractivity contribution in [1.29, 1.82) is 0 Å². The molecule has 2 saturated heterocycles. The molecule has 0 aromatic carbocycles. The molecule has 2 atom stereocenters. The van der Waals surface area contributed by atoms with Gasteiger partial charge in [-0.05, 0) is 12.8 Å². The van der Waals surface area contributed by atoms with E-state index in [9.17, 15) is 5.11 Å². The maximum atomic E-state index is 9.48. The minimum Gasteiger partial charge on any atom is -0.393 e. The molecule has 0 aromatic heterocycles. The first-order valence-electron chi connectivity index (χ1n) is 4.52. The second-order valence-electron chi connectivity index (χ2n) is 3.90. The molecule has 1 spiro atoms. The zero-order chi connectivity index (χ0) is 8.60. The van der Waals surface area contributed by atoms with E-state index in [1.54, 1.807) is 5.01 Å². The van der Waals surface area contributed by atoms with Crippen LogP contribution in [-0.2, 0) is 4.74 Å². The summed E-state index contributed by atoms with van der Waals surface area (Å²) < 4.78 is 5.69. The number of rotatable bonds is 0. The molecule has 2 rings (SSSR count). The van der Waals surface area contributed by atoms with Crippen molar-refractivity contribution in [1.82, 2.24) is 5.01 Å². The van der Waals surface area contributed by atoms with E-state index in [1.807, 2.05) is 0 Å². The third-order valence-electron chi connectivity index (χ3n) is 2.81. The molecule has 0 amide bonds. The molecule has 2 unspecified atom stereocenters. The summed E-state index contributed by atoms with van der Waals surface area (Å²) in [4.78, 5) is 0. The Morgan fingerprint density at radius 3 is 3.00 bits per heavy atom. The van der Waals surface area contributed by atoms with E-state index in [-0.39, 0.29) is 11.7 Å². The van der Waals surface area contributed by atoms with Crippen molar-refractivity contribution in [2.75, 3.05) is 19.7 Å². The molecule has 4 heteroatoms. The molecule has 0 aliphatic carbocycles. The highest BCUT2D eigenvalue weighted by atomic mass is 16.5. The average molecular weight is 172 g/mol. The van der Waals surface area contributed by atoms with Crippen molar-refractivity contribution in [3.05, 3.63) is 0 Å². The first-order valence-corrected chi connectivity index (χ1v) is 4.52. The lowest BCUT2D eigenvalue weighted by atomic mass is 9.91. The van der Waals surface area contributed by atoms with Crippen LogP contribution in [0.3, 0.4) is 0 Å². The molecular weight excluding hydrogens is 156 g/mol. The number of hydrazine groups is 1. The SMILES string of the molecule is NN1CCC2(CC(O)CCO2)C1. The Hall–Kier alpha value is -0.160. The Balaban J connectivity index is 2.00. The van der Waals surface area contributed by atoms with Crippen molar-refractivity contribution < 1.29 is 9.84 Å². The predicted octanol–water partition coefficient (Wildman–Crippen LogP) is -0.524. The maximum absolute atomic E-state index is 9.48. The van der Waals surface area contributed by atoms with Gasteiger partial charge in [0.05, 0.1) is 11.7 Å². The Kier molecular flexibility index (Phi) is 2.08. The van der Waals surface area contributed by atoms with Gasteiger partial charge < -0.3 is 9.84 Å². The molecule has 0 saturated carbocycles. The topological polar surface area (TPSA) is 58.7 Å². The molecule has 2 aliphatic rings. The molecule has 2 aliphatic heterocycles. The number of aliphatic hydroxyl groups is 1. The quantitative estimate of drug-likeness (QED) is 0.482. The number of hydrogen-bond donors (Lipinski definition) is 2. The minimum absolute atomic E-state index is 0.133. The van der Waals surface area contributed by atoms with Gasteiger partial charge >= 0.3 is 0 Å². The number of ether oxygens (including phenoxy) is 1. The second-order valence-corrected chi connectivity index (χ2v) is 3.90. The molecule has 3 N–H and O–H groups in total. The van der Waals surface area contributed by atoms with E-state index < -0.39 is 0 Å². The van der Waals surface area contributed by atoms with E-state index in [4.69, 9.17) is 10.6 Å². The normalized spacial score (nSPS) is 44.0. The molecule has 2 fully saturated rings. The average Bonchev–Trinajstić information content (AvgIpc) is 2.32. The lowest BCUT2D eigenvalue weighted by Crippen LogP contribution is -2.45. The lowest BCUT2D eigenvalue weighted by Gasteiger charge is -2.35. The number of nitrogens with two attached hydrogens (primary N) is 1. The Labute approximate surface area is 72.3 Å². The van der Waals surface area contributed by atoms with Crippen molar-refractivity contribution >= 4 is 0 Å². The van der Waals surface area contributed by atoms with Gasteiger partial charge in [0.15, 0.2) is 0 Å². The van der Waals surface area contributed by atoms with Crippen LogP contribution in [0.15, 0.2) is 0 Å². The highest BCUT2D eigenvalue weighted by Crippen LogP contribution is 2.32. The van der Waals surface area contributed by atoms with Crippen LogP contribution in [0.4, 0.5) is 0 Å². The van der Waals surface area contributed by atoms with Crippen LogP contribution >= 0.6 is 0 Å². The van der Waals surface area contributed by atoms with Gasteiger partial charge in [0.25, 0.3) is 0 Å². The highest BCUT2D eigenvalue weighted by molar-refractivity contribution is 4.94. The number of hydrogen-bond acceptors (Lipinski definition) is 4.